The summed E-state index contributed by atoms with van der Waals surface area (Å²) in [6, 6.07) is 21.3. The van der Waals surface area contributed by atoms with Gasteiger partial charge < -0.3 is 10.2 Å². The number of nitrogens with zero attached hydrogens (tertiary/aromatic N) is 2. The third-order valence-electron chi connectivity index (χ3n) is 7.04. The van der Waals surface area contributed by atoms with Crippen LogP contribution in [0.1, 0.15) is 36.8 Å². The minimum atomic E-state index is -4.03. The van der Waals surface area contributed by atoms with E-state index in [1.54, 1.807) is 0 Å². The van der Waals surface area contributed by atoms with Crippen LogP contribution in [-0.2, 0) is 32.6 Å². The summed E-state index contributed by atoms with van der Waals surface area (Å²) in [5.74, 6) is -1.67. The van der Waals surface area contributed by atoms with E-state index in [2.05, 4.69) is 21.2 Å². The van der Waals surface area contributed by atoms with Gasteiger partial charge in [-0.3, -0.25) is 13.9 Å². The van der Waals surface area contributed by atoms with Crippen LogP contribution in [0.15, 0.2) is 83.3 Å². The molecule has 0 aliphatic heterocycles. The number of halogens is 2. The van der Waals surface area contributed by atoms with Crippen molar-refractivity contribution in [2.75, 3.05) is 17.1 Å². The Morgan fingerprint density at radius 1 is 0.950 bits per heavy atom. The predicted octanol–water partition coefficient (Wildman–Crippen LogP) is 5.05. The van der Waals surface area contributed by atoms with Gasteiger partial charge in [0.2, 0.25) is 21.8 Å². The third kappa shape index (κ3) is 7.91. The van der Waals surface area contributed by atoms with Crippen LogP contribution in [0.25, 0.3) is 0 Å². The molecule has 3 aromatic carbocycles. The van der Waals surface area contributed by atoms with Crippen molar-refractivity contribution in [3.8, 4) is 0 Å². The lowest BCUT2D eigenvalue weighted by molar-refractivity contribution is -0.140. The zero-order valence-corrected chi connectivity index (χ0v) is 24.7. The SMILES string of the molecule is CS(=O)(=O)N(CC(=O)N(Cc1ccc(Br)cc1)[C@H](Cc1ccccc1)C(=O)NC1CCCC1)c1ccccc1F. The minimum Gasteiger partial charge on any atom is -0.352 e. The summed E-state index contributed by atoms with van der Waals surface area (Å²) in [4.78, 5) is 29.3. The molecule has 0 radical (unpaired) electrons. The molecular weight excluding hydrogens is 597 g/mol. The van der Waals surface area contributed by atoms with Crippen LogP contribution in [0.4, 0.5) is 10.1 Å². The molecule has 0 heterocycles. The van der Waals surface area contributed by atoms with E-state index in [1.165, 1.54) is 23.1 Å². The smallest absolute Gasteiger partial charge is 0.244 e. The molecule has 4 rings (SSSR count). The number of benzene rings is 3. The van der Waals surface area contributed by atoms with Gasteiger partial charge in [0.15, 0.2) is 0 Å². The van der Waals surface area contributed by atoms with Crippen molar-refractivity contribution < 1.29 is 22.4 Å². The van der Waals surface area contributed by atoms with Gasteiger partial charge in [0, 0.05) is 23.5 Å². The predicted molar refractivity (Wildman–Crippen MR) is 158 cm³/mol. The number of carbonyl (C=O) groups is 2. The Kier molecular flexibility index (Phi) is 9.97. The van der Waals surface area contributed by atoms with Crippen LogP contribution in [0.3, 0.4) is 0 Å². The molecule has 0 saturated heterocycles. The number of hydrogen-bond acceptors (Lipinski definition) is 4. The molecule has 0 unspecified atom stereocenters. The number of carbonyl (C=O) groups excluding carboxylic acids is 2. The average Bonchev–Trinajstić information content (AvgIpc) is 3.43. The van der Waals surface area contributed by atoms with Crippen molar-refractivity contribution in [1.29, 1.82) is 0 Å². The molecular formula is C30H33BrFN3O4S. The number of rotatable bonds is 11. The first kappa shape index (κ1) is 29.7. The summed E-state index contributed by atoms with van der Waals surface area (Å²) in [6.07, 6.45) is 4.98. The first-order valence-corrected chi connectivity index (χ1v) is 15.9. The fourth-order valence-electron chi connectivity index (χ4n) is 4.96. The van der Waals surface area contributed by atoms with Crippen LogP contribution in [0.5, 0.6) is 0 Å². The molecule has 0 bridgehead atoms. The fraction of sp³-hybridized carbons (Fsp3) is 0.333. The minimum absolute atomic E-state index is 0.0290. The van der Waals surface area contributed by atoms with E-state index in [0.29, 0.717) is 0 Å². The Balaban J connectivity index is 1.72. The number of sulfonamides is 1. The summed E-state index contributed by atoms with van der Waals surface area (Å²) in [7, 11) is -4.03. The van der Waals surface area contributed by atoms with Crippen LogP contribution < -0.4 is 9.62 Å². The zero-order chi connectivity index (χ0) is 28.7. The molecule has 1 atom stereocenters. The molecule has 1 saturated carbocycles. The standard InChI is InChI=1S/C30H33BrFN3O4S/c1-40(38,39)35(27-14-8-7-13-26(27)32)21-29(36)34(20-23-15-17-24(31)18-16-23)28(19-22-9-3-2-4-10-22)30(37)33-25-11-5-6-12-25/h2-4,7-10,13-18,25,28H,5-6,11-12,19-21H2,1H3,(H,33,37)/t28-/m1/s1. The van der Waals surface area contributed by atoms with Gasteiger partial charge in [-0.15, -0.1) is 0 Å². The van der Waals surface area contributed by atoms with Gasteiger partial charge in [-0.2, -0.15) is 0 Å². The van der Waals surface area contributed by atoms with Gasteiger partial charge in [0.1, 0.15) is 18.4 Å². The molecule has 1 N–H and O–H groups in total. The summed E-state index contributed by atoms with van der Waals surface area (Å²) in [6.45, 7) is -0.588. The highest BCUT2D eigenvalue weighted by atomic mass is 79.9. The molecule has 1 fully saturated rings. The maximum absolute atomic E-state index is 14.7. The molecule has 1 aliphatic rings. The Hall–Kier alpha value is -3.24. The largest absolute Gasteiger partial charge is 0.352 e. The van der Waals surface area contributed by atoms with E-state index in [1.807, 2.05) is 54.6 Å². The molecule has 0 aromatic heterocycles. The van der Waals surface area contributed by atoms with Gasteiger partial charge in [-0.05, 0) is 48.2 Å². The highest BCUT2D eigenvalue weighted by Crippen LogP contribution is 2.24. The van der Waals surface area contributed by atoms with Crippen LogP contribution in [0.2, 0.25) is 0 Å². The highest BCUT2D eigenvalue weighted by molar-refractivity contribution is 9.10. The summed E-state index contributed by atoms with van der Waals surface area (Å²) in [5, 5.41) is 3.12. The zero-order valence-electron chi connectivity index (χ0n) is 22.3. The number of para-hydroxylation sites is 1. The van der Waals surface area contributed by atoms with Crippen molar-refractivity contribution in [3.63, 3.8) is 0 Å². The van der Waals surface area contributed by atoms with E-state index in [9.17, 15) is 22.4 Å². The molecule has 212 valence electrons. The molecule has 0 spiro atoms. The molecule has 2 amide bonds. The highest BCUT2D eigenvalue weighted by Gasteiger charge is 2.34. The maximum Gasteiger partial charge on any atom is 0.244 e. The van der Waals surface area contributed by atoms with Crippen molar-refractivity contribution in [3.05, 3.63) is 100 Å². The van der Waals surface area contributed by atoms with Gasteiger partial charge >= 0.3 is 0 Å². The van der Waals surface area contributed by atoms with Crippen LogP contribution in [0, 0.1) is 5.82 Å². The first-order valence-electron chi connectivity index (χ1n) is 13.2. The van der Waals surface area contributed by atoms with E-state index >= 15 is 0 Å². The molecule has 1 aliphatic carbocycles. The maximum atomic E-state index is 14.7. The third-order valence-corrected chi connectivity index (χ3v) is 8.69. The van der Waals surface area contributed by atoms with Gasteiger partial charge in [0.05, 0.1) is 11.9 Å². The monoisotopic (exact) mass is 629 g/mol. The summed E-state index contributed by atoms with van der Waals surface area (Å²) in [5.41, 5.74) is 1.40. The Morgan fingerprint density at radius 3 is 2.20 bits per heavy atom. The quantitative estimate of drug-likeness (QED) is 0.321. The average molecular weight is 631 g/mol. The fourth-order valence-corrected chi connectivity index (χ4v) is 6.07. The van der Waals surface area contributed by atoms with Crippen molar-refractivity contribution in [2.45, 2.75) is 50.7 Å². The number of anilines is 1. The van der Waals surface area contributed by atoms with E-state index in [-0.39, 0.29) is 30.6 Å². The van der Waals surface area contributed by atoms with Crippen LogP contribution >= 0.6 is 15.9 Å². The summed E-state index contributed by atoms with van der Waals surface area (Å²) >= 11 is 3.42. The lowest BCUT2D eigenvalue weighted by Gasteiger charge is -2.34. The second kappa shape index (κ2) is 13.4. The van der Waals surface area contributed by atoms with Crippen molar-refractivity contribution in [1.82, 2.24) is 10.2 Å². The van der Waals surface area contributed by atoms with E-state index in [4.69, 9.17) is 0 Å². The number of hydrogen-bond donors (Lipinski definition) is 1. The Labute approximate surface area is 243 Å². The Bertz CT molecular complexity index is 1410. The van der Waals surface area contributed by atoms with E-state index in [0.717, 1.165) is 57.9 Å². The normalized spacial score (nSPS) is 14.5. The Morgan fingerprint density at radius 2 is 1.57 bits per heavy atom. The molecule has 7 nitrogen and oxygen atoms in total. The molecule has 10 heteroatoms. The van der Waals surface area contributed by atoms with Gasteiger partial charge in [-0.1, -0.05) is 83.4 Å². The number of nitrogens with one attached hydrogen (secondary N) is 1. The lowest BCUT2D eigenvalue weighted by atomic mass is 10.0. The molecule has 3 aromatic rings. The van der Waals surface area contributed by atoms with Crippen molar-refractivity contribution >= 4 is 43.5 Å². The van der Waals surface area contributed by atoms with Crippen LogP contribution in [-0.4, -0.2) is 50.0 Å². The topological polar surface area (TPSA) is 86.8 Å². The molecule has 40 heavy (non-hydrogen) atoms. The lowest BCUT2D eigenvalue weighted by Crippen LogP contribution is -2.54. The number of amides is 2. The van der Waals surface area contributed by atoms with E-state index < -0.39 is 34.3 Å². The second-order valence-electron chi connectivity index (χ2n) is 10.1. The van der Waals surface area contributed by atoms with Gasteiger partial charge in [-0.25, -0.2) is 12.8 Å². The first-order chi connectivity index (χ1) is 19.1. The van der Waals surface area contributed by atoms with Crippen molar-refractivity contribution in [2.24, 2.45) is 0 Å². The van der Waals surface area contributed by atoms with Gasteiger partial charge in [0.25, 0.3) is 0 Å². The summed E-state index contributed by atoms with van der Waals surface area (Å²) < 4.78 is 41.9. The second-order valence-corrected chi connectivity index (χ2v) is 12.9.